The fourth-order valence-electron chi connectivity index (χ4n) is 2.44. The molecule has 5 nitrogen and oxygen atoms in total. The van der Waals surface area contributed by atoms with Crippen LogP contribution in [0.4, 0.5) is 0 Å². The van der Waals surface area contributed by atoms with E-state index < -0.39 is 5.97 Å². The first-order valence-electron chi connectivity index (χ1n) is 6.08. The van der Waals surface area contributed by atoms with Crippen molar-refractivity contribution < 1.29 is 19.4 Å². The summed E-state index contributed by atoms with van der Waals surface area (Å²) < 4.78 is 5.12. The number of nitrogens with one attached hydrogen (secondary N) is 1. The highest BCUT2D eigenvalue weighted by molar-refractivity contribution is 5.80. The van der Waals surface area contributed by atoms with Gasteiger partial charge >= 0.3 is 5.97 Å². The summed E-state index contributed by atoms with van der Waals surface area (Å²) in [4.78, 5) is 22.6. The molecule has 0 bridgehead atoms. The highest BCUT2D eigenvalue weighted by Gasteiger charge is 2.37. The molecular weight excluding hydrogens is 222 g/mol. The number of ether oxygens (including phenoxy) is 1. The molecule has 1 heterocycles. The van der Waals surface area contributed by atoms with Gasteiger partial charge in [0.25, 0.3) is 0 Å². The number of carbonyl (C=O) groups is 2. The zero-order chi connectivity index (χ0) is 12.5. The van der Waals surface area contributed by atoms with Crippen LogP contribution in [-0.4, -0.2) is 36.7 Å². The Kier molecular flexibility index (Phi) is 3.38. The maximum Gasteiger partial charge on any atom is 0.306 e. The third-order valence-corrected chi connectivity index (χ3v) is 3.74. The third-order valence-electron chi connectivity index (χ3n) is 3.74. The monoisotopic (exact) mass is 241 g/mol. The van der Waals surface area contributed by atoms with Gasteiger partial charge in [-0.05, 0) is 19.3 Å². The molecule has 0 unspecified atom stereocenters. The molecular formula is C12H19NO4. The minimum Gasteiger partial charge on any atom is -0.481 e. The summed E-state index contributed by atoms with van der Waals surface area (Å²) in [6.45, 7) is 4.08. The Morgan fingerprint density at radius 2 is 2.00 bits per heavy atom. The van der Waals surface area contributed by atoms with E-state index in [9.17, 15) is 9.59 Å². The van der Waals surface area contributed by atoms with Crippen LogP contribution in [0.5, 0.6) is 0 Å². The van der Waals surface area contributed by atoms with Gasteiger partial charge in [0.05, 0.1) is 19.1 Å². The van der Waals surface area contributed by atoms with E-state index in [1.165, 1.54) is 0 Å². The Balaban J connectivity index is 1.75. The second-order valence-corrected chi connectivity index (χ2v) is 5.57. The lowest BCUT2D eigenvalue weighted by Gasteiger charge is -2.38. The molecule has 1 amide bonds. The minimum atomic E-state index is -0.778. The molecule has 2 atom stereocenters. The molecule has 2 aliphatic rings. The highest BCUT2D eigenvalue weighted by Crippen LogP contribution is 2.31. The van der Waals surface area contributed by atoms with E-state index >= 15 is 0 Å². The van der Waals surface area contributed by atoms with Crippen molar-refractivity contribution in [3.05, 3.63) is 0 Å². The van der Waals surface area contributed by atoms with Gasteiger partial charge in [-0.2, -0.15) is 0 Å². The van der Waals surface area contributed by atoms with Crippen LogP contribution >= 0.6 is 0 Å². The maximum absolute atomic E-state index is 11.9. The van der Waals surface area contributed by atoms with Crippen LogP contribution in [0.1, 0.15) is 26.2 Å². The van der Waals surface area contributed by atoms with E-state index in [1.54, 1.807) is 0 Å². The molecule has 0 radical (unpaired) electrons. The van der Waals surface area contributed by atoms with E-state index in [0.717, 1.165) is 0 Å². The van der Waals surface area contributed by atoms with Crippen molar-refractivity contribution in [2.75, 3.05) is 19.8 Å². The van der Waals surface area contributed by atoms with Crippen LogP contribution in [0, 0.1) is 17.3 Å². The predicted molar refractivity (Wildman–Crippen MR) is 60.4 cm³/mol. The Bertz CT molecular complexity index is 324. The summed E-state index contributed by atoms with van der Waals surface area (Å²) in [6.07, 6.45) is 1.79. The van der Waals surface area contributed by atoms with Gasteiger partial charge in [0.2, 0.25) is 5.91 Å². The van der Waals surface area contributed by atoms with Crippen molar-refractivity contribution in [1.82, 2.24) is 5.32 Å². The Morgan fingerprint density at radius 1 is 1.35 bits per heavy atom. The molecule has 96 valence electrons. The molecule has 2 N–H and O–H groups in total. The zero-order valence-electron chi connectivity index (χ0n) is 10.1. The molecule has 17 heavy (non-hydrogen) atoms. The molecule has 1 aliphatic carbocycles. The van der Waals surface area contributed by atoms with E-state index in [2.05, 4.69) is 12.2 Å². The molecule has 0 aromatic rings. The molecule has 1 saturated heterocycles. The van der Waals surface area contributed by atoms with Gasteiger partial charge in [0.15, 0.2) is 0 Å². The van der Waals surface area contributed by atoms with Gasteiger partial charge in [0.1, 0.15) is 0 Å². The number of carboxylic acid groups (broad SMARTS) is 1. The van der Waals surface area contributed by atoms with E-state index in [4.69, 9.17) is 9.84 Å². The molecule has 1 aliphatic heterocycles. The standard InChI is InChI=1S/C12H19NO4/c1-12(6-17-7-12)5-13-10(14)8-2-3-9(4-8)11(15)16/h8-9H,2-7H2,1H3,(H,13,14)(H,15,16)/t8-,9+/m1/s1. The normalized spacial score (nSPS) is 30.6. The Hall–Kier alpha value is -1.10. The number of rotatable bonds is 4. The Morgan fingerprint density at radius 3 is 2.47 bits per heavy atom. The van der Waals surface area contributed by atoms with Crippen LogP contribution in [0.15, 0.2) is 0 Å². The summed E-state index contributed by atoms with van der Waals surface area (Å²) >= 11 is 0. The molecule has 2 fully saturated rings. The lowest BCUT2D eigenvalue weighted by Crippen LogP contribution is -2.49. The quantitative estimate of drug-likeness (QED) is 0.757. The third kappa shape index (κ3) is 2.77. The van der Waals surface area contributed by atoms with Crippen LogP contribution in [-0.2, 0) is 14.3 Å². The molecule has 0 aromatic heterocycles. The first-order chi connectivity index (χ1) is 8.00. The molecule has 5 heteroatoms. The SMILES string of the molecule is CC1(CNC(=O)[C@@H]2CC[C@H](C(=O)O)C2)COC1. The first kappa shape index (κ1) is 12.4. The van der Waals surface area contributed by atoms with E-state index in [0.29, 0.717) is 39.0 Å². The average Bonchev–Trinajstić information content (AvgIpc) is 2.72. The van der Waals surface area contributed by atoms with Crippen molar-refractivity contribution in [2.24, 2.45) is 17.3 Å². The second kappa shape index (κ2) is 4.64. The number of hydrogen-bond acceptors (Lipinski definition) is 3. The number of hydrogen-bond donors (Lipinski definition) is 2. The maximum atomic E-state index is 11.9. The van der Waals surface area contributed by atoms with Gasteiger partial charge in [-0.1, -0.05) is 6.92 Å². The van der Waals surface area contributed by atoms with Gasteiger partial charge in [-0.15, -0.1) is 0 Å². The van der Waals surface area contributed by atoms with Crippen LogP contribution in [0.3, 0.4) is 0 Å². The Labute approximate surface area is 101 Å². The molecule has 0 aromatic carbocycles. The largest absolute Gasteiger partial charge is 0.481 e. The van der Waals surface area contributed by atoms with Crippen LogP contribution in [0.25, 0.3) is 0 Å². The number of carboxylic acids is 1. The molecule has 1 saturated carbocycles. The van der Waals surface area contributed by atoms with E-state index in [-0.39, 0.29) is 23.2 Å². The van der Waals surface area contributed by atoms with E-state index in [1.807, 2.05) is 0 Å². The van der Waals surface area contributed by atoms with Crippen molar-refractivity contribution in [3.63, 3.8) is 0 Å². The number of amides is 1. The van der Waals surface area contributed by atoms with Gasteiger partial charge in [0, 0.05) is 17.9 Å². The number of carbonyl (C=O) groups excluding carboxylic acids is 1. The molecule has 0 spiro atoms. The van der Waals surface area contributed by atoms with Crippen molar-refractivity contribution >= 4 is 11.9 Å². The van der Waals surface area contributed by atoms with Gasteiger partial charge in [-0.25, -0.2) is 0 Å². The van der Waals surface area contributed by atoms with Crippen molar-refractivity contribution in [3.8, 4) is 0 Å². The summed E-state index contributed by atoms with van der Waals surface area (Å²) in [7, 11) is 0. The number of aliphatic carboxylic acids is 1. The topological polar surface area (TPSA) is 75.6 Å². The highest BCUT2D eigenvalue weighted by atomic mass is 16.5. The summed E-state index contributed by atoms with van der Waals surface area (Å²) in [6, 6.07) is 0. The second-order valence-electron chi connectivity index (χ2n) is 5.57. The minimum absolute atomic E-state index is 0.00174. The van der Waals surface area contributed by atoms with Gasteiger partial charge in [-0.3, -0.25) is 9.59 Å². The fourth-order valence-corrected chi connectivity index (χ4v) is 2.44. The fraction of sp³-hybridized carbons (Fsp3) is 0.833. The van der Waals surface area contributed by atoms with Gasteiger partial charge < -0.3 is 15.2 Å². The summed E-state index contributed by atoms with van der Waals surface area (Å²) in [5.41, 5.74) is 0.0699. The summed E-state index contributed by atoms with van der Waals surface area (Å²) in [5.74, 6) is -1.24. The first-order valence-corrected chi connectivity index (χ1v) is 6.08. The lowest BCUT2D eigenvalue weighted by molar-refractivity contribution is -0.141. The van der Waals surface area contributed by atoms with Crippen LogP contribution < -0.4 is 5.32 Å². The zero-order valence-corrected chi connectivity index (χ0v) is 10.1. The smallest absolute Gasteiger partial charge is 0.306 e. The van der Waals surface area contributed by atoms with Crippen molar-refractivity contribution in [1.29, 1.82) is 0 Å². The van der Waals surface area contributed by atoms with Crippen LogP contribution in [0.2, 0.25) is 0 Å². The van der Waals surface area contributed by atoms with Crippen molar-refractivity contribution in [2.45, 2.75) is 26.2 Å². The predicted octanol–water partition coefficient (Wildman–Crippen LogP) is 0.640. The molecule has 2 rings (SSSR count). The average molecular weight is 241 g/mol. The lowest BCUT2D eigenvalue weighted by atomic mass is 9.88. The summed E-state index contributed by atoms with van der Waals surface area (Å²) in [5, 5.41) is 11.8.